The number of carbonyl (C=O) groups excluding carboxylic acids is 1. The highest BCUT2D eigenvalue weighted by Gasteiger charge is 2.13. The highest BCUT2D eigenvalue weighted by Crippen LogP contribution is 2.32. The molecule has 7 heteroatoms. The zero-order valence-electron chi connectivity index (χ0n) is 17.1. The molecule has 0 saturated heterocycles. The Kier molecular flexibility index (Phi) is 6.94. The minimum atomic E-state index is -0.0417. The van der Waals surface area contributed by atoms with E-state index in [4.69, 9.17) is 9.47 Å². The fourth-order valence-corrected chi connectivity index (χ4v) is 2.73. The SMILES string of the molecule is CCNC(=NCc1ccc2c(c1)OCO2)NCc1ccc(NC(=O)C(C)C)cc1. The van der Waals surface area contributed by atoms with Gasteiger partial charge in [0, 0.05) is 24.7 Å². The standard InChI is InChI=1S/C22H28N4O3/c1-4-23-22(25-13-17-7-10-19-20(11-17)29-14-28-19)24-12-16-5-8-18(9-6-16)26-21(27)15(2)3/h5-11,15H,4,12-14H2,1-3H3,(H,26,27)(H2,23,24,25). The van der Waals surface area contributed by atoms with Crippen LogP contribution in [0.25, 0.3) is 0 Å². The summed E-state index contributed by atoms with van der Waals surface area (Å²) in [5.41, 5.74) is 2.95. The van der Waals surface area contributed by atoms with Crippen LogP contribution in [0.5, 0.6) is 11.5 Å². The van der Waals surface area contributed by atoms with Gasteiger partial charge in [0.05, 0.1) is 6.54 Å². The third-order valence-corrected chi connectivity index (χ3v) is 4.41. The maximum atomic E-state index is 11.8. The Morgan fingerprint density at radius 1 is 1.03 bits per heavy atom. The van der Waals surface area contributed by atoms with Crippen molar-refractivity contribution in [1.29, 1.82) is 0 Å². The highest BCUT2D eigenvalue weighted by molar-refractivity contribution is 5.92. The molecule has 3 rings (SSSR count). The minimum Gasteiger partial charge on any atom is -0.454 e. The van der Waals surface area contributed by atoms with Gasteiger partial charge in [-0.25, -0.2) is 4.99 Å². The molecule has 7 nitrogen and oxygen atoms in total. The average Bonchev–Trinajstić information content (AvgIpc) is 3.19. The molecule has 0 radical (unpaired) electrons. The monoisotopic (exact) mass is 396 g/mol. The number of guanidine groups is 1. The number of nitrogens with one attached hydrogen (secondary N) is 3. The number of rotatable bonds is 7. The Bertz CT molecular complexity index is 863. The average molecular weight is 396 g/mol. The molecule has 29 heavy (non-hydrogen) atoms. The van der Waals surface area contributed by atoms with E-state index in [0.717, 1.165) is 40.8 Å². The highest BCUT2D eigenvalue weighted by atomic mass is 16.7. The van der Waals surface area contributed by atoms with Crippen molar-refractivity contribution in [3.8, 4) is 11.5 Å². The Hall–Kier alpha value is -3.22. The second kappa shape index (κ2) is 9.82. The molecule has 1 aliphatic heterocycles. The van der Waals surface area contributed by atoms with E-state index in [1.54, 1.807) is 0 Å². The minimum absolute atomic E-state index is 0.0148. The second-order valence-corrected chi connectivity index (χ2v) is 7.08. The van der Waals surface area contributed by atoms with Crippen molar-refractivity contribution in [1.82, 2.24) is 10.6 Å². The van der Waals surface area contributed by atoms with Gasteiger partial charge >= 0.3 is 0 Å². The van der Waals surface area contributed by atoms with E-state index in [0.29, 0.717) is 13.1 Å². The van der Waals surface area contributed by atoms with Gasteiger partial charge < -0.3 is 25.4 Å². The number of hydrogen-bond donors (Lipinski definition) is 3. The summed E-state index contributed by atoms with van der Waals surface area (Å²) < 4.78 is 10.8. The molecule has 0 atom stereocenters. The topological polar surface area (TPSA) is 84.0 Å². The first-order valence-corrected chi connectivity index (χ1v) is 9.85. The Balaban J connectivity index is 1.56. The van der Waals surface area contributed by atoms with Crippen LogP contribution in [0.2, 0.25) is 0 Å². The van der Waals surface area contributed by atoms with E-state index in [-0.39, 0.29) is 18.6 Å². The lowest BCUT2D eigenvalue weighted by Crippen LogP contribution is -2.36. The summed E-state index contributed by atoms with van der Waals surface area (Å²) in [6.45, 7) is 7.98. The summed E-state index contributed by atoms with van der Waals surface area (Å²) in [6, 6.07) is 13.7. The van der Waals surface area contributed by atoms with Gasteiger partial charge in [0.15, 0.2) is 17.5 Å². The number of carbonyl (C=O) groups is 1. The lowest BCUT2D eigenvalue weighted by molar-refractivity contribution is -0.118. The Morgan fingerprint density at radius 2 is 1.76 bits per heavy atom. The third kappa shape index (κ3) is 5.88. The quantitative estimate of drug-likeness (QED) is 0.494. The lowest BCUT2D eigenvalue weighted by Gasteiger charge is -2.12. The van der Waals surface area contributed by atoms with E-state index in [2.05, 4.69) is 20.9 Å². The summed E-state index contributed by atoms with van der Waals surface area (Å²) in [6.07, 6.45) is 0. The maximum Gasteiger partial charge on any atom is 0.231 e. The summed E-state index contributed by atoms with van der Waals surface area (Å²) in [5.74, 6) is 2.25. The van der Waals surface area contributed by atoms with Crippen molar-refractivity contribution in [2.45, 2.75) is 33.9 Å². The van der Waals surface area contributed by atoms with Crippen molar-refractivity contribution >= 4 is 17.6 Å². The molecule has 1 heterocycles. The molecular weight excluding hydrogens is 368 g/mol. The van der Waals surface area contributed by atoms with Crippen LogP contribution in [0, 0.1) is 5.92 Å². The Labute approximate surface area is 171 Å². The number of amides is 1. The number of ether oxygens (including phenoxy) is 2. The Morgan fingerprint density at radius 3 is 2.48 bits per heavy atom. The van der Waals surface area contributed by atoms with Crippen molar-refractivity contribution in [2.75, 3.05) is 18.7 Å². The van der Waals surface area contributed by atoms with Gasteiger partial charge in [-0.3, -0.25) is 4.79 Å². The largest absolute Gasteiger partial charge is 0.454 e. The molecule has 0 saturated carbocycles. The molecule has 3 N–H and O–H groups in total. The molecule has 0 spiro atoms. The normalized spacial score (nSPS) is 12.8. The molecule has 0 unspecified atom stereocenters. The molecule has 0 aliphatic carbocycles. The first-order chi connectivity index (χ1) is 14.0. The molecule has 0 aromatic heterocycles. The van der Waals surface area contributed by atoms with Gasteiger partial charge in [0.2, 0.25) is 12.7 Å². The number of hydrogen-bond acceptors (Lipinski definition) is 4. The van der Waals surface area contributed by atoms with Gasteiger partial charge in [0.25, 0.3) is 0 Å². The van der Waals surface area contributed by atoms with E-state index >= 15 is 0 Å². The second-order valence-electron chi connectivity index (χ2n) is 7.08. The molecule has 0 fully saturated rings. The predicted molar refractivity (Wildman–Crippen MR) is 114 cm³/mol. The van der Waals surface area contributed by atoms with Crippen molar-refractivity contribution in [3.05, 3.63) is 53.6 Å². The van der Waals surface area contributed by atoms with Gasteiger partial charge in [-0.05, 0) is 42.3 Å². The first-order valence-electron chi connectivity index (χ1n) is 9.85. The maximum absolute atomic E-state index is 11.8. The van der Waals surface area contributed by atoms with Crippen LogP contribution in [0.4, 0.5) is 5.69 Å². The van der Waals surface area contributed by atoms with Gasteiger partial charge in [-0.15, -0.1) is 0 Å². The van der Waals surface area contributed by atoms with Crippen LogP contribution in [-0.4, -0.2) is 25.2 Å². The number of benzene rings is 2. The van der Waals surface area contributed by atoms with Crippen LogP contribution in [0.15, 0.2) is 47.5 Å². The first kappa shape index (κ1) is 20.5. The fraction of sp³-hybridized carbons (Fsp3) is 0.364. The van der Waals surface area contributed by atoms with Gasteiger partial charge in [-0.1, -0.05) is 32.0 Å². The van der Waals surface area contributed by atoms with E-state index in [9.17, 15) is 4.79 Å². The molecule has 2 aromatic rings. The van der Waals surface area contributed by atoms with Crippen LogP contribution in [-0.2, 0) is 17.9 Å². The summed E-state index contributed by atoms with van der Waals surface area (Å²) in [4.78, 5) is 16.4. The number of anilines is 1. The fourth-order valence-electron chi connectivity index (χ4n) is 2.73. The van der Waals surface area contributed by atoms with E-state index < -0.39 is 0 Å². The van der Waals surface area contributed by atoms with Crippen LogP contribution < -0.4 is 25.4 Å². The van der Waals surface area contributed by atoms with Crippen LogP contribution in [0.1, 0.15) is 31.9 Å². The summed E-state index contributed by atoms with van der Waals surface area (Å²) in [5, 5.41) is 9.48. The molecule has 1 amide bonds. The molecule has 154 valence electrons. The summed E-state index contributed by atoms with van der Waals surface area (Å²) in [7, 11) is 0. The van der Waals surface area contributed by atoms with E-state index in [1.165, 1.54) is 0 Å². The smallest absolute Gasteiger partial charge is 0.231 e. The van der Waals surface area contributed by atoms with Crippen molar-refractivity contribution in [2.24, 2.45) is 10.9 Å². The molecule has 1 aliphatic rings. The number of nitrogens with zero attached hydrogens (tertiary/aromatic N) is 1. The molecule has 0 bridgehead atoms. The number of fused-ring (bicyclic) bond motifs is 1. The van der Waals surface area contributed by atoms with Crippen LogP contribution >= 0.6 is 0 Å². The lowest BCUT2D eigenvalue weighted by atomic mass is 10.1. The summed E-state index contributed by atoms with van der Waals surface area (Å²) >= 11 is 0. The zero-order chi connectivity index (χ0) is 20.6. The van der Waals surface area contributed by atoms with Crippen molar-refractivity contribution in [3.63, 3.8) is 0 Å². The number of aliphatic imine (C=N–C) groups is 1. The van der Waals surface area contributed by atoms with Gasteiger partial charge in [-0.2, -0.15) is 0 Å². The zero-order valence-corrected chi connectivity index (χ0v) is 17.1. The van der Waals surface area contributed by atoms with Crippen LogP contribution in [0.3, 0.4) is 0 Å². The third-order valence-electron chi connectivity index (χ3n) is 4.41. The van der Waals surface area contributed by atoms with Crippen molar-refractivity contribution < 1.29 is 14.3 Å². The molecular formula is C22H28N4O3. The predicted octanol–water partition coefficient (Wildman–Crippen LogP) is 3.27. The molecule has 2 aromatic carbocycles. The van der Waals surface area contributed by atoms with Gasteiger partial charge in [0.1, 0.15) is 0 Å². The van der Waals surface area contributed by atoms with E-state index in [1.807, 2.05) is 63.2 Å².